The molecule has 0 aliphatic heterocycles. The van der Waals surface area contributed by atoms with E-state index in [2.05, 4.69) is 0 Å². The predicted octanol–water partition coefficient (Wildman–Crippen LogP) is 5.89. The molecule has 1 aromatic carbocycles. The van der Waals surface area contributed by atoms with Crippen molar-refractivity contribution in [3.63, 3.8) is 0 Å². The number of unbranched alkanes of at least 4 members (excludes halogenated alkanes) is 2. The first-order valence-electron chi connectivity index (χ1n) is 11.4. The molecule has 0 radical (unpaired) electrons. The molecule has 0 aliphatic carbocycles. The van der Waals surface area contributed by atoms with Gasteiger partial charge in [0.05, 0.1) is 17.6 Å². The van der Waals surface area contributed by atoms with Gasteiger partial charge in [-0.2, -0.15) is 13.2 Å². The van der Waals surface area contributed by atoms with E-state index >= 15 is 0 Å². The predicted molar refractivity (Wildman–Crippen MR) is 125 cm³/mol. The molecule has 0 bridgehead atoms. The van der Waals surface area contributed by atoms with Crippen LogP contribution in [-0.4, -0.2) is 16.3 Å². The first kappa shape index (κ1) is 25.9. The van der Waals surface area contributed by atoms with Crippen LogP contribution in [-0.2, 0) is 25.6 Å². The number of nitrogens with zero attached hydrogens (tertiary/aromatic N) is 1. The van der Waals surface area contributed by atoms with E-state index < -0.39 is 17.4 Å². The Hall–Kier alpha value is -2.75. The Kier molecular flexibility index (Phi) is 8.46. The van der Waals surface area contributed by atoms with E-state index in [0.29, 0.717) is 68.0 Å². The van der Waals surface area contributed by atoms with Crippen molar-refractivity contribution in [2.75, 3.05) is 6.61 Å². The average Bonchev–Trinajstić information content (AvgIpc) is 3.09. The zero-order chi connectivity index (χ0) is 24.9. The van der Waals surface area contributed by atoms with Crippen LogP contribution in [0.3, 0.4) is 0 Å². The van der Waals surface area contributed by atoms with E-state index in [-0.39, 0.29) is 28.3 Å². The summed E-state index contributed by atoms with van der Waals surface area (Å²) < 4.78 is 53.8. The van der Waals surface area contributed by atoms with Gasteiger partial charge < -0.3 is 14.3 Å². The second-order valence-electron chi connectivity index (χ2n) is 8.12. The normalized spacial score (nSPS) is 11.9. The molecule has 0 spiro atoms. The summed E-state index contributed by atoms with van der Waals surface area (Å²) in [7, 11) is 0. The Labute approximate surface area is 198 Å². The molecular weight excluding hydrogens is 471 g/mol. The number of aromatic hydroxyl groups is 1. The molecule has 0 aliphatic rings. The maximum atomic E-state index is 13.7. The van der Waals surface area contributed by atoms with E-state index in [1.165, 1.54) is 16.0 Å². The zero-order valence-corrected chi connectivity index (χ0v) is 20.0. The molecule has 3 rings (SSSR count). The van der Waals surface area contributed by atoms with Crippen molar-refractivity contribution >= 4 is 22.3 Å². The summed E-state index contributed by atoms with van der Waals surface area (Å²) in [4.78, 5) is 23.5. The maximum absolute atomic E-state index is 13.7. The Bertz CT molecular complexity index is 1240. The summed E-state index contributed by atoms with van der Waals surface area (Å²) in [6.45, 7) is 4.51. The number of rotatable bonds is 11. The molecule has 2 aromatic heterocycles. The standard InChI is InChI=1S/C24H28F3NO5S/c1-3-5-9-16-21(32-11-7-6-10-28-19(29)14-34-23(28)31)15(8-4-2)12-17-18(24(25,26)27)13-20(30)33-22(16)17/h12-14,29H,3-11H2,1-2H3. The fourth-order valence-corrected chi connectivity index (χ4v) is 4.58. The van der Waals surface area contributed by atoms with Gasteiger partial charge in [0.2, 0.25) is 5.88 Å². The number of fused-ring (bicyclic) bond motifs is 1. The number of hydrogen-bond donors (Lipinski definition) is 1. The second-order valence-corrected chi connectivity index (χ2v) is 8.94. The summed E-state index contributed by atoms with van der Waals surface area (Å²) in [5.74, 6) is 0.397. The van der Waals surface area contributed by atoms with Gasteiger partial charge in [-0.15, -0.1) is 0 Å². The highest BCUT2D eigenvalue weighted by Crippen LogP contribution is 2.40. The summed E-state index contributed by atoms with van der Waals surface area (Å²) in [5.41, 5.74) is -0.989. The van der Waals surface area contributed by atoms with Crippen LogP contribution >= 0.6 is 11.3 Å². The van der Waals surface area contributed by atoms with Crippen molar-refractivity contribution in [1.29, 1.82) is 0 Å². The summed E-state index contributed by atoms with van der Waals surface area (Å²) in [6, 6.07) is 1.93. The van der Waals surface area contributed by atoms with Crippen molar-refractivity contribution < 1.29 is 27.4 Å². The highest BCUT2D eigenvalue weighted by molar-refractivity contribution is 7.07. The largest absolute Gasteiger partial charge is 0.494 e. The number of benzene rings is 1. The van der Waals surface area contributed by atoms with Gasteiger partial charge in [-0.3, -0.25) is 9.36 Å². The van der Waals surface area contributed by atoms with Gasteiger partial charge >= 0.3 is 16.7 Å². The minimum atomic E-state index is -4.69. The van der Waals surface area contributed by atoms with E-state index in [1.54, 1.807) is 0 Å². The van der Waals surface area contributed by atoms with Crippen LogP contribution < -0.4 is 15.2 Å². The monoisotopic (exact) mass is 499 g/mol. The van der Waals surface area contributed by atoms with Crippen molar-refractivity contribution in [3.05, 3.63) is 54.3 Å². The summed E-state index contributed by atoms with van der Waals surface area (Å²) in [6.07, 6.45) is -0.422. The molecule has 186 valence electrons. The van der Waals surface area contributed by atoms with E-state index in [4.69, 9.17) is 9.15 Å². The van der Waals surface area contributed by atoms with Crippen molar-refractivity contribution in [1.82, 2.24) is 4.57 Å². The lowest BCUT2D eigenvalue weighted by Gasteiger charge is -2.19. The SMILES string of the molecule is CCCCc1c(OCCCCn2c(O)csc2=O)c(CCC)cc2c(C(F)(F)F)cc(=O)oc12. The average molecular weight is 500 g/mol. The van der Waals surface area contributed by atoms with Crippen LogP contribution in [0.2, 0.25) is 0 Å². The molecule has 0 fully saturated rings. The van der Waals surface area contributed by atoms with Gasteiger partial charge in [0, 0.05) is 23.6 Å². The van der Waals surface area contributed by atoms with Crippen LogP contribution in [0.25, 0.3) is 11.0 Å². The molecule has 0 saturated carbocycles. The fraction of sp³-hybridized carbons (Fsp3) is 0.500. The Morgan fingerprint density at radius 1 is 1.09 bits per heavy atom. The van der Waals surface area contributed by atoms with E-state index in [1.807, 2.05) is 13.8 Å². The number of ether oxygens (including phenoxy) is 1. The molecular formula is C24H28F3NO5S. The Morgan fingerprint density at radius 2 is 1.85 bits per heavy atom. The van der Waals surface area contributed by atoms with Gasteiger partial charge in [0.25, 0.3) is 0 Å². The number of alkyl halides is 3. The van der Waals surface area contributed by atoms with Gasteiger partial charge in [-0.05, 0) is 43.7 Å². The third kappa shape index (κ3) is 5.84. The van der Waals surface area contributed by atoms with Gasteiger partial charge in [0.1, 0.15) is 11.3 Å². The molecule has 6 nitrogen and oxygen atoms in total. The molecule has 3 aromatic rings. The number of aryl methyl sites for hydroxylation is 2. The summed E-state index contributed by atoms with van der Waals surface area (Å²) in [5, 5.41) is 11.0. The molecule has 2 heterocycles. The molecule has 1 N–H and O–H groups in total. The first-order valence-corrected chi connectivity index (χ1v) is 12.2. The molecule has 0 atom stereocenters. The van der Waals surface area contributed by atoms with Crippen molar-refractivity contribution in [2.45, 2.75) is 71.5 Å². The molecule has 0 unspecified atom stereocenters. The van der Waals surface area contributed by atoms with Gasteiger partial charge in [-0.25, -0.2) is 4.79 Å². The maximum Gasteiger partial charge on any atom is 0.417 e. The third-order valence-electron chi connectivity index (χ3n) is 5.55. The first-order chi connectivity index (χ1) is 16.2. The highest BCUT2D eigenvalue weighted by Gasteiger charge is 2.35. The van der Waals surface area contributed by atoms with Crippen LogP contribution in [0, 0.1) is 0 Å². The number of hydrogen-bond acceptors (Lipinski definition) is 6. The molecule has 10 heteroatoms. The van der Waals surface area contributed by atoms with E-state index in [9.17, 15) is 27.9 Å². The van der Waals surface area contributed by atoms with Crippen LogP contribution in [0.4, 0.5) is 13.2 Å². The zero-order valence-electron chi connectivity index (χ0n) is 19.2. The smallest absolute Gasteiger partial charge is 0.417 e. The van der Waals surface area contributed by atoms with Crippen LogP contribution in [0.5, 0.6) is 11.6 Å². The number of halogens is 3. The Balaban J connectivity index is 1.95. The molecule has 34 heavy (non-hydrogen) atoms. The number of thiazole rings is 1. The molecule has 0 amide bonds. The van der Waals surface area contributed by atoms with Crippen molar-refractivity contribution in [3.8, 4) is 11.6 Å². The van der Waals surface area contributed by atoms with Crippen LogP contribution in [0.15, 0.2) is 31.5 Å². The third-order valence-corrected chi connectivity index (χ3v) is 6.30. The summed E-state index contributed by atoms with van der Waals surface area (Å²) >= 11 is 0.924. The van der Waals surface area contributed by atoms with Crippen LogP contribution in [0.1, 0.15) is 62.6 Å². The minimum absolute atomic E-state index is 0.0714. The lowest BCUT2D eigenvalue weighted by molar-refractivity contribution is -0.136. The highest BCUT2D eigenvalue weighted by atomic mass is 32.1. The fourth-order valence-electron chi connectivity index (χ4n) is 3.93. The topological polar surface area (TPSA) is 81.7 Å². The lowest BCUT2D eigenvalue weighted by Crippen LogP contribution is -2.14. The van der Waals surface area contributed by atoms with Crippen molar-refractivity contribution in [2.24, 2.45) is 0 Å². The molecule has 0 saturated heterocycles. The Morgan fingerprint density at radius 3 is 2.47 bits per heavy atom. The quantitative estimate of drug-likeness (QED) is 0.263. The van der Waals surface area contributed by atoms with Gasteiger partial charge in [0.15, 0.2) is 0 Å². The van der Waals surface area contributed by atoms with Gasteiger partial charge in [-0.1, -0.05) is 38.0 Å². The minimum Gasteiger partial charge on any atom is -0.494 e. The van der Waals surface area contributed by atoms with E-state index in [0.717, 1.165) is 17.8 Å². The lowest BCUT2D eigenvalue weighted by atomic mass is 9.95. The number of aromatic nitrogens is 1. The second kappa shape index (κ2) is 11.1.